The van der Waals surface area contributed by atoms with E-state index in [1.165, 1.54) is 32.8 Å². The number of nitrogens with one attached hydrogen (secondary N) is 4. The summed E-state index contributed by atoms with van der Waals surface area (Å²) in [5.41, 5.74) is 5.57. The highest BCUT2D eigenvalue weighted by Gasteiger charge is 2.29. The van der Waals surface area contributed by atoms with Crippen molar-refractivity contribution in [3.05, 3.63) is 0 Å². The molecule has 0 aliphatic rings. The first kappa shape index (κ1) is 36.8. The smallest absolute Gasteiger partial charge is 0.328 e. The van der Waals surface area contributed by atoms with Crippen LogP contribution in [0.25, 0.3) is 0 Å². The molecule has 7 N–H and O–H groups in total. The molecule has 0 bridgehead atoms. The monoisotopic (exact) mass is 557 g/mol. The lowest BCUT2D eigenvalue weighted by atomic mass is 10.0. The van der Waals surface area contributed by atoms with Crippen LogP contribution in [0, 0.1) is 5.92 Å². The van der Waals surface area contributed by atoms with Crippen LogP contribution in [0.4, 0.5) is 0 Å². The van der Waals surface area contributed by atoms with Crippen molar-refractivity contribution in [2.45, 2.75) is 115 Å². The number of carbonyl (C=O) groups excluding carboxylic acids is 4. The third-order valence-electron chi connectivity index (χ3n) is 6.50. The highest BCUT2D eigenvalue weighted by atomic mass is 16.5. The van der Waals surface area contributed by atoms with Gasteiger partial charge in [0, 0.05) is 6.42 Å². The van der Waals surface area contributed by atoms with Gasteiger partial charge in [-0.25, -0.2) is 4.79 Å². The fourth-order valence-corrected chi connectivity index (χ4v) is 4.24. The zero-order valence-electron chi connectivity index (χ0n) is 24.7. The Morgan fingerprint density at radius 1 is 0.769 bits per heavy atom. The number of carbonyl (C=O) groups is 4. The number of hydrogen-bond donors (Lipinski definition) is 6. The van der Waals surface area contributed by atoms with Crippen molar-refractivity contribution in [2.24, 2.45) is 11.7 Å². The summed E-state index contributed by atoms with van der Waals surface area (Å²) in [6.45, 7) is 4.74. The SMILES string of the molecule is CNCCCCCCCCCCC(=O)N[C@@H](CO)C(=O)N[C@@H](CCCCN)C(=O)N[C@@H](CC(C)C)C(=O)OC. The van der Waals surface area contributed by atoms with E-state index >= 15 is 0 Å². The second kappa shape index (κ2) is 23.6. The second-order valence-corrected chi connectivity index (χ2v) is 10.5. The van der Waals surface area contributed by atoms with E-state index in [0.717, 1.165) is 25.8 Å². The first-order valence-corrected chi connectivity index (χ1v) is 14.6. The molecule has 0 aromatic rings. The molecule has 0 heterocycles. The quantitative estimate of drug-likeness (QED) is 0.0765. The Kier molecular flexibility index (Phi) is 22.3. The van der Waals surface area contributed by atoms with Crippen LogP contribution in [-0.2, 0) is 23.9 Å². The van der Waals surface area contributed by atoms with Gasteiger partial charge in [0.05, 0.1) is 13.7 Å². The summed E-state index contributed by atoms with van der Waals surface area (Å²) in [6.07, 6.45) is 10.9. The van der Waals surface area contributed by atoms with Gasteiger partial charge >= 0.3 is 5.97 Å². The van der Waals surface area contributed by atoms with Gasteiger partial charge in [-0.1, -0.05) is 52.4 Å². The number of hydrogen-bond acceptors (Lipinski definition) is 8. The van der Waals surface area contributed by atoms with Crippen LogP contribution < -0.4 is 27.0 Å². The highest BCUT2D eigenvalue weighted by molar-refractivity contribution is 5.93. The van der Waals surface area contributed by atoms with E-state index in [1.54, 1.807) is 0 Å². The maximum Gasteiger partial charge on any atom is 0.328 e. The van der Waals surface area contributed by atoms with E-state index in [9.17, 15) is 24.3 Å². The number of aliphatic hydroxyl groups is 1. The Balaban J connectivity index is 4.77. The zero-order valence-corrected chi connectivity index (χ0v) is 24.7. The first-order chi connectivity index (χ1) is 18.7. The lowest BCUT2D eigenvalue weighted by Gasteiger charge is -2.25. The predicted molar refractivity (Wildman–Crippen MR) is 153 cm³/mol. The standard InChI is InChI=1S/C28H55N5O6/c1-21(2)19-23(28(38)39-4)33-26(36)22(15-12-13-17-29)32-27(37)24(20-34)31-25(35)16-11-9-7-5-6-8-10-14-18-30-3/h21-24,30,34H,5-20,29H2,1-4H3,(H,31,35)(H,32,37)(H,33,36)/t22-,23-,24-/m0/s1. The molecule has 0 fully saturated rings. The number of aliphatic hydroxyl groups excluding tert-OH is 1. The molecule has 0 spiro atoms. The number of ether oxygens (including phenoxy) is 1. The van der Waals surface area contributed by atoms with E-state index in [0.29, 0.717) is 38.6 Å². The predicted octanol–water partition coefficient (Wildman–Crippen LogP) is 1.51. The number of nitrogens with two attached hydrogens (primary N) is 1. The maximum absolute atomic E-state index is 13.0. The minimum absolute atomic E-state index is 0.127. The van der Waals surface area contributed by atoms with Gasteiger partial charge in [-0.3, -0.25) is 14.4 Å². The Hall–Kier alpha value is -2.24. The van der Waals surface area contributed by atoms with Gasteiger partial charge in [-0.15, -0.1) is 0 Å². The van der Waals surface area contributed by atoms with E-state index < -0.39 is 42.5 Å². The Labute approximate surface area is 235 Å². The van der Waals surface area contributed by atoms with Crippen LogP contribution in [0.3, 0.4) is 0 Å². The van der Waals surface area contributed by atoms with Crippen LogP contribution in [0.1, 0.15) is 97.3 Å². The molecule has 0 aliphatic carbocycles. The van der Waals surface area contributed by atoms with Crippen molar-refractivity contribution in [3.8, 4) is 0 Å². The van der Waals surface area contributed by atoms with Crippen molar-refractivity contribution in [1.29, 1.82) is 0 Å². The van der Waals surface area contributed by atoms with Crippen molar-refractivity contribution >= 4 is 23.7 Å². The average molecular weight is 558 g/mol. The number of unbranched alkanes of at least 4 members (excludes halogenated alkanes) is 8. The summed E-state index contributed by atoms with van der Waals surface area (Å²) < 4.78 is 4.81. The van der Waals surface area contributed by atoms with Gasteiger partial charge in [0.15, 0.2) is 0 Å². The molecule has 11 nitrogen and oxygen atoms in total. The minimum Gasteiger partial charge on any atom is -0.467 e. The molecule has 0 rings (SSSR count). The Bertz CT molecular complexity index is 691. The second-order valence-electron chi connectivity index (χ2n) is 10.5. The topological polar surface area (TPSA) is 172 Å². The lowest BCUT2D eigenvalue weighted by Crippen LogP contribution is -2.56. The molecule has 0 saturated heterocycles. The van der Waals surface area contributed by atoms with Gasteiger partial charge in [-0.05, 0) is 64.6 Å². The van der Waals surface area contributed by atoms with Crippen LogP contribution in [-0.4, -0.2) is 80.8 Å². The van der Waals surface area contributed by atoms with Crippen molar-refractivity contribution in [3.63, 3.8) is 0 Å². The summed E-state index contributed by atoms with van der Waals surface area (Å²) in [6, 6.07) is -2.97. The van der Waals surface area contributed by atoms with Gasteiger partial charge in [-0.2, -0.15) is 0 Å². The van der Waals surface area contributed by atoms with Crippen molar-refractivity contribution in [2.75, 3.05) is 33.9 Å². The highest BCUT2D eigenvalue weighted by Crippen LogP contribution is 2.10. The van der Waals surface area contributed by atoms with E-state index in [2.05, 4.69) is 21.3 Å². The summed E-state index contributed by atoms with van der Waals surface area (Å²) in [5, 5.41) is 20.8. The first-order valence-electron chi connectivity index (χ1n) is 14.6. The fourth-order valence-electron chi connectivity index (χ4n) is 4.24. The Morgan fingerprint density at radius 3 is 1.87 bits per heavy atom. The summed E-state index contributed by atoms with van der Waals surface area (Å²) >= 11 is 0. The molecule has 11 heteroatoms. The molecule has 0 aromatic carbocycles. The van der Waals surface area contributed by atoms with E-state index in [-0.39, 0.29) is 18.2 Å². The third-order valence-corrected chi connectivity index (χ3v) is 6.50. The van der Waals surface area contributed by atoms with Crippen LogP contribution >= 0.6 is 0 Å². The molecule has 3 atom stereocenters. The number of esters is 1. The maximum atomic E-state index is 13.0. The van der Waals surface area contributed by atoms with E-state index in [4.69, 9.17) is 10.5 Å². The summed E-state index contributed by atoms with van der Waals surface area (Å²) in [5.74, 6) is -1.93. The van der Waals surface area contributed by atoms with Crippen LogP contribution in [0.2, 0.25) is 0 Å². The molecule has 0 radical (unpaired) electrons. The third kappa shape index (κ3) is 18.6. The largest absolute Gasteiger partial charge is 0.467 e. The molecule has 0 aliphatic heterocycles. The molecule has 228 valence electrons. The molecule has 3 amide bonds. The van der Waals surface area contributed by atoms with Gasteiger partial charge in [0.25, 0.3) is 0 Å². The molecule has 0 unspecified atom stereocenters. The van der Waals surface area contributed by atoms with Gasteiger partial charge < -0.3 is 36.8 Å². The lowest BCUT2D eigenvalue weighted by molar-refractivity contribution is -0.146. The van der Waals surface area contributed by atoms with Crippen molar-refractivity contribution in [1.82, 2.24) is 21.3 Å². The number of amides is 3. The summed E-state index contributed by atoms with van der Waals surface area (Å²) in [7, 11) is 3.22. The Morgan fingerprint density at radius 2 is 1.33 bits per heavy atom. The number of methoxy groups -OCH3 is 1. The normalized spacial score (nSPS) is 13.4. The summed E-state index contributed by atoms with van der Waals surface area (Å²) in [4.78, 5) is 50.4. The molecule has 39 heavy (non-hydrogen) atoms. The number of rotatable bonds is 24. The van der Waals surface area contributed by atoms with Crippen LogP contribution in [0.5, 0.6) is 0 Å². The zero-order chi connectivity index (χ0) is 29.5. The fraction of sp³-hybridized carbons (Fsp3) is 0.857. The molecule has 0 saturated carbocycles. The average Bonchev–Trinajstić information content (AvgIpc) is 2.90. The molecular formula is C28H55N5O6. The van der Waals surface area contributed by atoms with Crippen LogP contribution in [0.15, 0.2) is 0 Å². The molecular weight excluding hydrogens is 502 g/mol. The van der Waals surface area contributed by atoms with Crippen molar-refractivity contribution < 1.29 is 29.0 Å². The minimum atomic E-state index is -1.17. The van der Waals surface area contributed by atoms with E-state index in [1.807, 2.05) is 20.9 Å². The van der Waals surface area contributed by atoms with Gasteiger partial charge in [0.2, 0.25) is 17.7 Å². The van der Waals surface area contributed by atoms with Gasteiger partial charge in [0.1, 0.15) is 18.1 Å². The molecule has 0 aromatic heterocycles.